The minimum Gasteiger partial charge on any atom is -0.378 e. The maximum Gasteiger partial charge on any atom is 0.140 e. The lowest BCUT2D eigenvalue weighted by Gasteiger charge is -2.28. The topological polar surface area (TPSA) is 9.23 Å². The molecule has 2 aromatic rings. The molecule has 0 radical (unpaired) electrons. The van der Waals surface area contributed by atoms with Gasteiger partial charge in [0.25, 0.3) is 0 Å². The molecule has 0 saturated heterocycles. The standard InChI is InChI=1S/C23H24ClFO/c1-2-15-26-22-13-10-19(11-14-22)18-6-3-17(4-7-18)5-8-20-9-12-21(24)16-23(20)25/h3-4,6-7,9,12,16,19,22H,2,10-11,13-15H2,1H3. The molecular formula is C23H24ClFO. The van der Waals surface area contributed by atoms with E-state index in [1.54, 1.807) is 12.1 Å². The molecule has 1 nitrogen and oxygen atoms in total. The predicted octanol–water partition coefficient (Wildman–Crippen LogP) is 6.33. The van der Waals surface area contributed by atoms with Crippen molar-refractivity contribution < 1.29 is 9.13 Å². The Labute approximate surface area is 160 Å². The minimum atomic E-state index is -0.385. The molecule has 0 atom stereocenters. The van der Waals surface area contributed by atoms with Crippen LogP contribution < -0.4 is 0 Å². The maximum absolute atomic E-state index is 13.8. The van der Waals surface area contributed by atoms with Gasteiger partial charge >= 0.3 is 0 Å². The van der Waals surface area contributed by atoms with Crippen molar-refractivity contribution in [1.82, 2.24) is 0 Å². The van der Waals surface area contributed by atoms with Crippen molar-refractivity contribution in [3.05, 3.63) is 70.0 Å². The highest BCUT2D eigenvalue weighted by Crippen LogP contribution is 2.34. The zero-order valence-electron chi connectivity index (χ0n) is 15.1. The number of halogens is 2. The first-order chi connectivity index (χ1) is 12.7. The highest BCUT2D eigenvalue weighted by molar-refractivity contribution is 6.30. The van der Waals surface area contributed by atoms with E-state index in [-0.39, 0.29) is 5.82 Å². The van der Waals surface area contributed by atoms with Crippen LogP contribution >= 0.6 is 11.6 Å². The van der Waals surface area contributed by atoms with Gasteiger partial charge in [-0.2, -0.15) is 0 Å². The molecule has 1 saturated carbocycles. The summed E-state index contributed by atoms with van der Waals surface area (Å²) in [5.74, 6) is 6.13. The molecule has 3 heteroatoms. The fourth-order valence-corrected chi connectivity index (χ4v) is 3.58. The number of hydrogen-bond acceptors (Lipinski definition) is 1. The third-order valence-corrected chi connectivity index (χ3v) is 5.12. The van der Waals surface area contributed by atoms with Gasteiger partial charge < -0.3 is 4.74 Å². The number of ether oxygens (including phenoxy) is 1. The average Bonchev–Trinajstić information content (AvgIpc) is 2.66. The second-order valence-corrected chi connectivity index (χ2v) is 7.28. The molecule has 0 N–H and O–H groups in total. The molecule has 0 aromatic heterocycles. The summed E-state index contributed by atoms with van der Waals surface area (Å²) in [6.45, 7) is 3.02. The molecule has 3 rings (SSSR count). The van der Waals surface area contributed by atoms with Gasteiger partial charge in [-0.05, 0) is 73.9 Å². The van der Waals surface area contributed by atoms with Gasteiger partial charge in [0.15, 0.2) is 0 Å². The van der Waals surface area contributed by atoms with Crippen molar-refractivity contribution in [3.8, 4) is 11.8 Å². The van der Waals surface area contributed by atoms with Crippen molar-refractivity contribution in [1.29, 1.82) is 0 Å². The van der Waals surface area contributed by atoms with Crippen LogP contribution in [-0.2, 0) is 4.74 Å². The zero-order valence-corrected chi connectivity index (χ0v) is 15.9. The van der Waals surface area contributed by atoms with Crippen molar-refractivity contribution in [2.75, 3.05) is 6.61 Å². The summed E-state index contributed by atoms with van der Waals surface area (Å²) in [4.78, 5) is 0. The minimum absolute atomic E-state index is 0.365. The quantitative estimate of drug-likeness (QED) is 0.571. The largest absolute Gasteiger partial charge is 0.378 e. The molecule has 136 valence electrons. The molecule has 1 aliphatic rings. The van der Waals surface area contributed by atoms with Crippen LogP contribution in [0.5, 0.6) is 0 Å². The summed E-state index contributed by atoms with van der Waals surface area (Å²) < 4.78 is 19.6. The Morgan fingerprint density at radius 2 is 1.77 bits per heavy atom. The van der Waals surface area contributed by atoms with Crippen LogP contribution in [0.1, 0.15) is 61.6 Å². The molecule has 26 heavy (non-hydrogen) atoms. The normalized spacial score (nSPS) is 19.7. The van der Waals surface area contributed by atoms with Gasteiger partial charge in [-0.15, -0.1) is 0 Å². The lowest BCUT2D eigenvalue weighted by atomic mass is 9.82. The Hall–Kier alpha value is -1.82. The van der Waals surface area contributed by atoms with Gasteiger partial charge in [0, 0.05) is 17.2 Å². The van der Waals surface area contributed by atoms with Gasteiger partial charge in [-0.3, -0.25) is 0 Å². The van der Waals surface area contributed by atoms with E-state index in [9.17, 15) is 4.39 Å². The number of benzene rings is 2. The lowest BCUT2D eigenvalue weighted by Crippen LogP contribution is -2.21. The highest BCUT2D eigenvalue weighted by atomic mass is 35.5. The van der Waals surface area contributed by atoms with E-state index in [1.165, 1.54) is 24.5 Å². The first-order valence-electron chi connectivity index (χ1n) is 9.34. The van der Waals surface area contributed by atoms with Gasteiger partial charge in [-0.25, -0.2) is 4.39 Å². The SMILES string of the molecule is CCCOC1CCC(c2ccc(C#Cc3ccc(Cl)cc3F)cc2)CC1. The average molecular weight is 371 g/mol. The fourth-order valence-electron chi connectivity index (χ4n) is 3.42. The molecule has 0 unspecified atom stereocenters. The van der Waals surface area contributed by atoms with Crippen LogP contribution in [0.25, 0.3) is 0 Å². The summed E-state index contributed by atoms with van der Waals surface area (Å²) >= 11 is 5.76. The maximum atomic E-state index is 13.8. The van der Waals surface area contributed by atoms with Crippen LogP contribution in [0.3, 0.4) is 0 Å². The van der Waals surface area contributed by atoms with E-state index in [2.05, 4.69) is 30.9 Å². The Kier molecular flexibility index (Phi) is 6.72. The second kappa shape index (κ2) is 9.21. The Balaban J connectivity index is 1.60. The van der Waals surface area contributed by atoms with Crippen molar-refractivity contribution >= 4 is 11.6 Å². The monoisotopic (exact) mass is 370 g/mol. The van der Waals surface area contributed by atoms with E-state index in [1.807, 2.05) is 12.1 Å². The molecule has 0 bridgehead atoms. The molecule has 0 spiro atoms. The molecular weight excluding hydrogens is 347 g/mol. The van der Waals surface area contributed by atoms with Crippen molar-refractivity contribution in [2.24, 2.45) is 0 Å². The van der Waals surface area contributed by atoms with E-state index in [0.717, 1.165) is 31.4 Å². The lowest BCUT2D eigenvalue weighted by molar-refractivity contribution is 0.0251. The third-order valence-electron chi connectivity index (χ3n) is 4.89. The number of rotatable bonds is 4. The summed E-state index contributed by atoms with van der Waals surface area (Å²) in [6.07, 6.45) is 6.16. The van der Waals surface area contributed by atoms with Gasteiger partial charge in [0.1, 0.15) is 5.82 Å². The van der Waals surface area contributed by atoms with E-state index in [0.29, 0.717) is 22.6 Å². The fraction of sp³-hybridized carbons (Fsp3) is 0.391. The highest BCUT2D eigenvalue weighted by Gasteiger charge is 2.22. The zero-order chi connectivity index (χ0) is 18.4. The third kappa shape index (κ3) is 5.10. The first-order valence-corrected chi connectivity index (χ1v) is 9.72. The Morgan fingerprint density at radius 1 is 1.04 bits per heavy atom. The Bertz CT molecular complexity index is 780. The van der Waals surface area contributed by atoms with Crippen molar-refractivity contribution in [3.63, 3.8) is 0 Å². The summed E-state index contributed by atoms with van der Waals surface area (Å²) in [6, 6.07) is 12.9. The molecule has 2 aromatic carbocycles. The molecule has 0 amide bonds. The van der Waals surface area contributed by atoms with Crippen molar-refractivity contribution in [2.45, 2.75) is 51.0 Å². The van der Waals surface area contributed by atoms with E-state index in [4.69, 9.17) is 16.3 Å². The smallest absolute Gasteiger partial charge is 0.140 e. The Morgan fingerprint density at radius 3 is 2.42 bits per heavy atom. The van der Waals surface area contributed by atoms with Crippen LogP contribution in [0.15, 0.2) is 42.5 Å². The van der Waals surface area contributed by atoms with E-state index < -0.39 is 0 Å². The van der Waals surface area contributed by atoms with Crippen LogP contribution in [0.4, 0.5) is 4.39 Å². The van der Waals surface area contributed by atoms with Gasteiger partial charge in [0.2, 0.25) is 0 Å². The summed E-state index contributed by atoms with van der Waals surface area (Å²) in [5, 5.41) is 0.382. The van der Waals surface area contributed by atoms with E-state index >= 15 is 0 Å². The molecule has 0 heterocycles. The van der Waals surface area contributed by atoms with Gasteiger partial charge in [0.05, 0.1) is 11.7 Å². The predicted molar refractivity (Wildman–Crippen MR) is 105 cm³/mol. The van der Waals surface area contributed by atoms with Crippen LogP contribution in [-0.4, -0.2) is 12.7 Å². The number of hydrogen-bond donors (Lipinski definition) is 0. The first kappa shape index (κ1) is 19.0. The molecule has 0 aliphatic heterocycles. The van der Waals surface area contributed by atoms with Crippen LogP contribution in [0.2, 0.25) is 5.02 Å². The molecule has 1 fully saturated rings. The van der Waals surface area contributed by atoms with Crippen LogP contribution in [0, 0.1) is 17.7 Å². The summed E-state index contributed by atoms with van der Waals surface area (Å²) in [5.41, 5.74) is 2.62. The van der Waals surface area contributed by atoms with Gasteiger partial charge in [-0.1, -0.05) is 42.5 Å². The second-order valence-electron chi connectivity index (χ2n) is 6.84. The molecule has 1 aliphatic carbocycles. The summed E-state index contributed by atoms with van der Waals surface area (Å²) in [7, 11) is 0.